The topological polar surface area (TPSA) is 86.9 Å². The lowest BCUT2D eigenvalue weighted by Crippen LogP contribution is -2.24. The summed E-state index contributed by atoms with van der Waals surface area (Å²) in [4.78, 5) is 29.8. The molecule has 9 heteroatoms. The third-order valence-corrected chi connectivity index (χ3v) is 5.32. The number of anilines is 1. The molecule has 8 nitrogen and oxygen atoms in total. The van der Waals surface area contributed by atoms with Crippen molar-refractivity contribution in [1.82, 2.24) is 14.0 Å². The summed E-state index contributed by atoms with van der Waals surface area (Å²) in [6.07, 6.45) is 4.16. The molecule has 0 saturated heterocycles. The number of hydrogen-bond donors (Lipinski definition) is 1. The van der Waals surface area contributed by atoms with Gasteiger partial charge in [0.05, 0.1) is 30.4 Å². The van der Waals surface area contributed by atoms with Crippen molar-refractivity contribution in [2.45, 2.75) is 19.4 Å². The Morgan fingerprint density at radius 3 is 2.68 bits per heavy atom. The number of nitrogens with one attached hydrogen (secondary N) is 1. The molecule has 31 heavy (non-hydrogen) atoms. The van der Waals surface area contributed by atoms with Gasteiger partial charge in [0.25, 0.3) is 5.56 Å². The number of fused-ring (bicyclic) bond motifs is 3. The lowest BCUT2D eigenvalue weighted by atomic mass is 10.2. The van der Waals surface area contributed by atoms with Crippen molar-refractivity contribution in [2.24, 2.45) is 0 Å². The van der Waals surface area contributed by atoms with E-state index in [1.807, 2.05) is 28.8 Å². The number of pyridine rings is 1. The van der Waals surface area contributed by atoms with Crippen molar-refractivity contribution >= 4 is 39.9 Å². The number of methoxy groups -OCH3 is 2. The molecule has 1 amide bonds. The maximum atomic E-state index is 12.9. The van der Waals surface area contributed by atoms with Crippen LogP contribution in [0.2, 0.25) is 5.02 Å². The summed E-state index contributed by atoms with van der Waals surface area (Å²) in [6, 6.07) is 10.5. The molecular formula is C22H21ClN4O4. The summed E-state index contributed by atoms with van der Waals surface area (Å²) >= 11 is 6.16. The first-order valence-electron chi connectivity index (χ1n) is 9.69. The van der Waals surface area contributed by atoms with Crippen LogP contribution in [0.15, 0.2) is 53.6 Å². The fraction of sp³-hybridized carbons (Fsp3) is 0.227. The molecule has 3 aromatic heterocycles. The van der Waals surface area contributed by atoms with E-state index in [9.17, 15) is 9.59 Å². The van der Waals surface area contributed by atoms with E-state index in [0.29, 0.717) is 46.3 Å². The van der Waals surface area contributed by atoms with Crippen LogP contribution >= 0.6 is 11.6 Å². The van der Waals surface area contributed by atoms with Gasteiger partial charge in [-0.25, -0.2) is 4.98 Å². The number of hydrogen-bond acceptors (Lipinski definition) is 5. The van der Waals surface area contributed by atoms with Crippen LogP contribution in [0, 0.1) is 0 Å². The van der Waals surface area contributed by atoms with Gasteiger partial charge in [-0.3, -0.25) is 14.2 Å². The summed E-state index contributed by atoms with van der Waals surface area (Å²) in [5, 5.41) is 3.17. The Balaban J connectivity index is 1.51. The van der Waals surface area contributed by atoms with E-state index < -0.39 is 0 Å². The Labute approximate surface area is 183 Å². The van der Waals surface area contributed by atoms with Gasteiger partial charge in [0.1, 0.15) is 17.0 Å². The largest absolute Gasteiger partial charge is 0.495 e. The van der Waals surface area contributed by atoms with Crippen LogP contribution < -0.4 is 20.3 Å². The lowest BCUT2D eigenvalue weighted by molar-refractivity contribution is -0.116. The Bertz CT molecular complexity index is 1330. The molecular weight excluding hydrogens is 420 g/mol. The van der Waals surface area contributed by atoms with E-state index in [1.54, 1.807) is 29.0 Å². The number of aromatic nitrogens is 3. The van der Waals surface area contributed by atoms with Gasteiger partial charge in [-0.2, -0.15) is 0 Å². The minimum Gasteiger partial charge on any atom is -0.495 e. The smallest absolute Gasteiger partial charge is 0.276 e. The maximum Gasteiger partial charge on any atom is 0.276 e. The quantitative estimate of drug-likeness (QED) is 0.473. The highest BCUT2D eigenvalue weighted by molar-refractivity contribution is 6.32. The fourth-order valence-corrected chi connectivity index (χ4v) is 3.80. The standard InChI is InChI=1S/C22H21ClN4O4/c1-30-18-13-19(31-2)15(12-14(18)23)25-20(28)8-5-11-27-21-16(6-3-9-24-21)26-10-4-7-17(26)22(27)29/h3-4,6-7,9-10,12-13H,5,8,11H2,1-2H3,(H,25,28). The van der Waals surface area contributed by atoms with Crippen molar-refractivity contribution in [3.63, 3.8) is 0 Å². The van der Waals surface area contributed by atoms with Crippen LogP contribution in [0.3, 0.4) is 0 Å². The zero-order valence-electron chi connectivity index (χ0n) is 17.1. The molecule has 0 saturated carbocycles. The first kappa shape index (κ1) is 20.7. The Hall–Kier alpha value is -3.52. The van der Waals surface area contributed by atoms with E-state index in [0.717, 1.165) is 5.52 Å². The molecule has 0 spiro atoms. The second kappa shape index (κ2) is 8.69. The molecule has 3 heterocycles. The van der Waals surface area contributed by atoms with E-state index in [4.69, 9.17) is 21.1 Å². The summed E-state index contributed by atoms with van der Waals surface area (Å²) in [7, 11) is 3.01. The number of ether oxygens (including phenoxy) is 2. The molecule has 160 valence electrons. The van der Waals surface area contributed by atoms with Gasteiger partial charge in [-0.05, 0) is 36.8 Å². The highest BCUT2D eigenvalue weighted by Crippen LogP contribution is 2.35. The third kappa shape index (κ3) is 3.94. The first-order chi connectivity index (χ1) is 15.0. The van der Waals surface area contributed by atoms with Crippen molar-refractivity contribution in [3.8, 4) is 11.5 Å². The SMILES string of the molecule is COc1cc(OC)c(NC(=O)CCCn2c(=O)c3cccn3c3cccnc32)cc1Cl. The van der Waals surface area contributed by atoms with Gasteiger partial charge in [-0.15, -0.1) is 0 Å². The Kier molecular flexibility index (Phi) is 5.81. The fourth-order valence-electron chi connectivity index (χ4n) is 3.56. The molecule has 4 aromatic rings. The molecule has 0 bridgehead atoms. The average molecular weight is 441 g/mol. The predicted octanol–water partition coefficient (Wildman–Crippen LogP) is 3.74. The highest BCUT2D eigenvalue weighted by Gasteiger charge is 2.14. The van der Waals surface area contributed by atoms with Gasteiger partial charge in [0, 0.05) is 31.4 Å². The third-order valence-electron chi connectivity index (χ3n) is 5.03. The van der Waals surface area contributed by atoms with Crippen LogP contribution in [0.25, 0.3) is 16.7 Å². The molecule has 0 aliphatic carbocycles. The summed E-state index contributed by atoms with van der Waals surface area (Å²) in [5.41, 5.74) is 2.31. The van der Waals surface area contributed by atoms with Crippen LogP contribution in [0.1, 0.15) is 12.8 Å². The van der Waals surface area contributed by atoms with Crippen molar-refractivity contribution in [1.29, 1.82) is 0 Å². The minimum atomic E-state index is -0.214. The number of rotatable bonds is 7. The van der Waals surface area contributed by atoms with E-state index >= 15 is 0 Å². The van der Waals surface area contributed by atoms with Crippen LogP contribution in [-0.4, -0.2) is 34.1 Å². The number of carbonyl (C=O) groups excluding carboxylic acids is 1. The number of aryl methyl sites for hydroxylation is 1. The molecule has 1 aromatic carbocycles. The van der Waals surface area contributed by atoms with Gasteiger partial charge in [0.15, 0.2) is 5.65 Å². The van der Waals surface area contributed by atoms with E-state index in [1.165, 1.54) is 14.2 Å². The minimum absolute atomic E-state index is 0.139. The number of carbonyl (C=O) groups is 1. The van der Waals surface area contributed by atoms with Crippen LogP contribution in [0.5, 0.6) is 11.5 Å². The van der Waals surface area contributed by atoms with E-state index in [2.05, 4.69) is 10.3 Å². The second-order valence-electron chi connectivity index (χ2n) is 6.91. The molecule has 0 radical (unpaired) electrons. The molecule has 1 N–H and O–H groups in total. The number of amides is 1. The molecule has 0 aliphatic heterocycles. The van der Waals surface area contributed by atoms with Crippen LogP contribution in [0.4, 0.5) is 5.69 Å². The molecule has 4 rings (SSSR count). The first-order valence-corrected chi connectivity index (χ1v) is 10.1. The molecule has 0 fully saturated rings. The Morgan fingerprint density at radius 1 is 1.13 bits per heavy atom. The summed E-state index contributed by atoms with van der Waals surface area (Å²) < 4.78 is 13.9. The van der Waals surface area contributed by atoms with Crippen molar-refractivity contribution in [2.75, 3.05) is 19.5 Å². The van der Waals surface area contributed by atoms with Crippen LogP contribution in [-0.2, 0) is 11.3 Å². The number of nitrogens with zero attached hydrogens (tertiary/aromatic N) is 3. The van der Waals surface area contributed by atoms with Crippen molar-refractivity contribution < 1.29 is 14.3 Å². The van der Waals surface area contributed by atoms with Gasteiger partial charge in [-0.1, -0.05) is 11.6 Å². The van der Waals surface area contributed by atoms with Gasteiger partial charge < -0.3 is 19.2 Å². The number of benzene rings is 1. The normalized spacial score (nSPS) is 11.1. The Morgan fingerprint density at radius 2 is 1.90 bits per heavy atom. The van der Waals surface area contributed by atoms with Crippen molar-refractivity contribution in [3.05, 3.63) is 64.2 Å². The molecule has 0 atom stereocenters. The predicted molar refractivity (Wildman–Crippen MR) is 119 cm³/mol. The summed E-state index contributed by atoms with van der Waals surface area (Å²) in [6.45, 7) is 0.363. The lowest BCUT2D eigenvalue weighted by Gasteiger charge is -2.14. The second-order valence-corrected chi connectivity index (χ2v) is 7.31. The zero-order valence-corrected chi connectivity index (χ0v) is 17.8. The van der Waals surface area contributed by atoms with Gasteiger partial charge >= 0.3 is 0 Å². The average Bonchev–Trinajstić information content (AvgIpc) is 3.27. The van der Waals surface area contributed by atoms with E-state index in [-0.39, 0.29) is 17.9 Å². The molecule has 0 aliphatic rings. The molecule has 0 unspecified atom stereocenters. The maximum absolute atomic E-state index is 12.9. The number of halogens is 1. The highest BCUT2D eigenvalue weighted by atomic mass is 35.5. The summed E-state index contributed by atoms with van der Waals surface area (Å²) in [5.74, 6) is 0.685. The monoisotopic (exact) mass is 440 g/mol. The van der Waals surface area contributed by atoms with Gasteiger partial charge in [0.2, 0.25) is 5.91 Å². The zero-order chi connectivity index (χ0) is 22.0.